The van der Waals surface area contributed by atoms with Gasteiger partial charge in [-0.2, -0.15) is 0 Å². The molecule has 1 aromatic rings. The smallest absolute Gasteiger partial charge is 0.233 e. The lowest BCUT2D eigenvalue weighted by molar-refractivity contribution is -0.126. The molecule has 1 aliphatic rings. The third kappa shape index (κ3) is 1.77. The number of allylic oxidation sites excluding steroid dienone is 1. The van der Waals surface area contributed by atoms with Crippen molar-refractivity contribution in [2.24, 2.45) is 16.6 Å². The third-order valence-corrected chi connectivity index (χ3v) is 2.38. The summed E-state index contributed by atoms with van der Waals surface area (Å²) in [5.74, 6) is -1.91. The van der Waals surface area contributed by atoms with Crippen LogP contribution in [0.5, 0.6) is 0 Å². The second kappa shape index (κ2) is 4.10. The van der Waals surface area contributed by atoms with Crippen molar-refractivity contribution in [3.8, 4) is 0 Å². The molecular formula is C12H10N2O2. The minimum absolute atomic E-state index is 0.297. The molecule has 1 aromatic carbocycles. The Morgan fingerprint density at radius 3 is 2.56 bits per heavy atom. The number of ketones is 1. The first-order valence-corrected chi connectivity index (χ1v) is 4.82. The van der Waals surface area contributed by atoms with Gasteiger partial charge in [-0.05, 0) is 5.56 Å². The molecule has 0 fully saturated rings. The van der Waals surface area contributed by atoms with Crippen molar-refractivity contribution in [2.45, 2.75) is 0 Å². The lowest BCUT2D eigenvalue weighted by Crippen LogP contribution is -2.33. The summed E-state index contributed by atoms with van der Waals surface area (Å²) in [5, 5.41) is 0. The van der Waals surface area contributed by atoms with E-state index in [0.717, 1.165) is 5.56 Å². The number of benzene rings is 1. The third-order valence-electron chi connectivity index (χ3n) is 2.38. The van der Waals surface area contributed by atoms with Crippen LogP contribution >= 0.6 is 0 Å². The number of amides is 1. The first kappa shape index (κ1) is 10.3. The van der Waals surface area contributed by atoms with Crippen molar-refractivity contribution in [1.29, 1.82) is 0 Å². The predicted octanol–water partition coefficient (Wildman–Crippen LogP) is 0.783. The number of hydrogen-bond donors (Lipinski definition) is 1. The fraction of sp³-hybridized carbons (Fsp3) is 0.0833. The number of nitrogens with zero attached hydrogens (tertiary/aromatic N) is 1. The number of aliphatic imine (C=N–C) groups is 1. The van der Waals surface area contributed by atoms with Crippen molar-refractivity contribution in [2.75, 3.05) is 0 Å². The number of hydrogen-bond acceptors (Lipinski definition) is 3. The van der Waals surface area contributed by atoms with Crippen LogP contribution in [0.1, 0.15) is 5.56 Å². The van der Waals surface area contributed by atoms with E-state index in [2.05, 4.69) is 4.99 Å². The van der Waals surface area contributed by atoms with Crippen LogP contribution in [-0.4, -0.2) is 17.9 Å². The molecular weight excluding hydrogens is 204 g/mol. The highest BCUT2D eigenvalue weighted by Gasteiger charge is 2.28. The zero-order valence-electron chi connectivity index (χ0n) is 8.46. The Bertz CT molecular complexity index is 489. The highest BCUT2D eigenvalue weighted by molar-refractivity contribution is 6.33. The first-order valence-electron chi connectivity index (χ1n) is 4.82. The summed E-state index contributed by atoms with van der Waals surface area (Å²) in [7, 11) is 0. The number of rotatable bonds is 2. The highest BCUT2D eigenvalue weighted by Crippen LogP contribution is 2.21. The average molecular weight is 214 g/mol. The van der Waals surface area contributed by atoms with Gasteiger partial charge in [0.25, 0.3) is 0 Å². The van der Waals surface area contributed by atoms with Gasteiger partial charge in [-0.3, -0.25) is 14.6 Å². The summed E-state index contributed by atoms with van der Waals surface area (Å²) in [6.07, 6.45) is 2.73. The highest BCUT2D eigenvalue weighted by atomic mass is 16.2. The van der Waals surface area contributed by atoms with Crippen LogP contribution < -0.4 is 5.73 Å². The van der Waals surface area contributed by atoms with Crippen LogP contribution in [0.2, 0.25) is 0 Å². The number of primary amides is 1. The quantitative estimate of drug-likeness (QED) is 0.739. The molecule has 4 nitrogen and oxygen atoms in total. The van der Waals surface area contributed by atoms with E-state index in [1.807, 2.05) is 18.2 Å². The summed E-state index contributed by atoms with van der Waals surface area (Å²) >= 11 is 0. The molecule has 16 heavy (non-hydrogen) atoms. The Morgan fingerprint density at radius 2 is 1.94 bits per heavy atom. The van der Waals surface area contributed by atoms with Gasteiger partial charge in [0.2, 0.25) is 5.91 Å². The van der Waals surface area contributed by atoms with Crippen molar-refractivity contribution in [3.63, 3.8) is 0 Å². The predicted molar refractivity (Wildman–Crippen MR) is 60.6 cm³/mol. The SMILES string of the molecule is NC(=O)C1C=NC=C(c2ccccc2)C1=O. The van der Waals surface area contributed by atoms with Crippen molar-refractivity contribution < 1.29 is 9.59 Å². The van der Waals surface area contributed by atoms with E-state index >= 15 is 0 Å². The van der Waals surface area contributed by atoms with Gasteiger partial charge in [0.1, 0.15) is 5.92 Å². The maximum absolute atomic E-state index is 11.9. The molecule has 4 heteroatoms. The van der Waals surface area contributed by atoms with Crippen LogP contribution in [0.15, 0.2) is 41.5 Å². The van der Waals surface area contributed by atoms with E-state index < -0.39 is 11.8 Å². The molecule has 1 unspecified atom stereocenters. The van der Waals surface area contributed by atoms with E-state index in [4.69, 9.17) is 5.73 Å². The largest absolute Gasteiger partial charge is 0.369 e. The molecule has 1 heterocycles. The average Bonchev–Trinajstić information content (AvgIpc) is 2.30. The summed E-state index contributed by atoms with van der Waals surface area (Å²) in [6.45, 7) is 0. The molecule has 2 rings (SSSR count). The van der Waals surface area contributed by atoms with E-state index in [-0.39, 0.29) is 5.78 Å². The van der Waals surface area contributed by atoms with Gasteiger partial charge < -0.3 is 5.73 Å². The number of carbonyl (C=O) groups is 2. The number of nitrogens with two attached hydrogens (primary N) is 1. The second-order valence-electron chi connectivity index (χ2n) is 3.45. The second-order valence-corrected chi connectivity index (χ2v) is 3.45. The van der Waals surface area contributed by atoms with Gasteiger partial charge in [-0.15, -0.1) is 0 Å². The molecule has 1 atom stereocenters. The lowest BCUT2D eigenvalue weighted by atomic mass is 9.92. The molecule has 2 N–H and O–H groups in total. The van der Waals surface area contributed by atoms with Crippen LogP contribution in [-0.2, 0) is 9.59 Å². The van der Waals surface area contributed by atoms with Gasteiger partial charge in [0.15, 0.2) is 5.78 Å². The van der Waals surface area contributed by atoms with E-state index in [9.17, 15) is 9.59 Å². The Morgan fingerprint density at radius 1 is 1.25 bits per heavy atom. The summed E-state index contributed by atoms with van der Waals surface area (Å²) < 4.78 is 0. The Balaban J connectivity index is 2.37. The Kier molecular flexibility index (Phi) is 2.64. The summed E-state index contributed by atoms with van der Waals surface area (Å²) in [6, 6.07) is 9.08. The van der Waals surface area contributed by atoms with Gasteiger partial charge in [-0.1, -0.05) is 30.3 Å². The normalized spacial score (nSPS) is 19.4. The maximum Gasteiger partial charge on any atom is 0.233 e. The topological polar surface area (TPSA) is 72.5 Å². The summed E-state index contributed by atoms with van der Waals surface area (Å²) in [4.78, 5) is 26.8. The first-order chi connectivity index (χ1) is 7.70. The number of Topliss-reactive ketones (excluding diaryl/α,β-unsaturated/α-hetero) is 1. The van der Waals surface area contributed by atoms with Crippen LogP contribution in [0.25, 0.3) is 5.57 Å². The Hall–Kier alpha value is -2.23. The maximum atomic E-state index is 11.9. The fourth-order valence-corrected chi connectivity index (χ4v) is 1.54. The zero-order chi connectivity index (χ0) is 11.5. The van der Waals surface area contributed by atoms with Crippen LogP contribution in [0, 0.1) is 5.92 Å². The molecule has 0 bridgehead atoms. The minimum atomic E-state index is -0.944. The van der Waals surface area contributed by atoms with Crippen molar-refractivity contribution in [3.05, 3.63) is 42.1 Å². The molecule has 0 aliphatic carbocycles. The number of carbonyl (C=O) groups excluding carboxylic acids is 2. The van der Waals surface area contributed by atoms with Crippen molar-refractivity contribution in [1.82, 2.24) is 0 Å². The van der Waals surface area contributed by atoms with E-state index in [1.165, 1.54) is 12.4 Å². The minimum Gasteiger partial charge on any atom is -0.369 e. The molecule has 80 valence electrons. The molecule has 0 saturated heterocycles. The lowest BCUT2D eigenvalue weighted by Gasteiger charge is -2.13. The molecule has 0 aromatic heterocycles. The molecule has 1 aliphatic heterocycles. The van der Waals surface area contributed by atoms with Gasteiger partial charge in [0, 0.05) is 18.0 Å². The van der Waals surface area contributed by atoms with Gasteiger partial charge in [0.05, 0.1) is 0 Å². The van der Waals surface area contributed by atoms with E-state index in [1.54, 1.807) is 12.1 Å². The van der Waals surface area contributed by atoms with Crippen molar-refractivity contribution >= 4 is 23.5 Å². The summed E-state index contributed by atoms with van der Waals surface area (Å²) in [5.41, 5.74) is 6.29. The van der Waals surface area contributed by atoms with E-state index in [0.29, 0.717) is 5.57 Å². The Labute approximate surface area is 92.5 Å². The monoisotopic (exact) mass is 214 g/mol. The molecule has 1 amide bonds. The molecule has 0 spiro atoms. The molecule has 0 saturated carbocycles. The van der Waals surface area contributed by atoms with Crippen LogP contribution in [0.3, 0.4) is 0 Å². The fourth-order valence-electron chi connectivity index (χ4n) is 1.54. The van der Waals surface area contributed by atoms with Crippen LogP contribution in [0.4, 0.5) is 0 Å². The molecule has 0 radical (unpaired) electrons. The van der Waals surface area contributed by atoms with Gasteiger partial charge >= 0.3 is 0 Å². The van der Waals surface area contributed by atoms with Gasteiger partial charge in [-0.25, -0.2) is 0 Å². The standard InChI is InChI=1S/C12H10N2O2/c13-12(16)10-7-14-6-9(11(10)15)8-4-2-1-3-5-8/h1-7,10H,(H2,13,16). The zero-order valence-corrected chi connectivity index (χ0v) is 8.46.